The zero-order valence-electron chi connectivity index (χ0n) is 50.7. The van der Waals surface area contributed by atoms with Crippen molar-refractivity contribution in [2.24, 2.45) is 47.3 Å². The summed E-state index contributed by atoms with van der Waals surface area (Å²) in [6.07, 6.45) is 11.2. The molecule has 5 aliphatic carbocycles. The number of rotatable bonds is 5. The first kappa shape index (κ1) is 60.8. The quantitative estimate of drug-likeness (QED) is 0.0721. The van der Waals surface area contributed by atoms with E-state index in [0.29, 0.717) is 70.9 Å². The number of Topliss-reactive ketones (excluding diaryl/α,β-unsaturated/α-hetero) is 1. The van der Waals surface area contributed by atoms with Gasteiger partial charge in [0.1, 0.15) is 40.7 Å². The summed E-state index contributed by atoms with van der Waals surface area (Å²) in [5, 5.41) is 79.4. The molecule has 5 heterocycles. The third-order valence-corrected chi connectivity index (χ3v) is 21.9. The van der Waals surface area contributed by atoms with E-state index in [1.165, 1.54) is 0 Å². The zero-order chi connectivity index (χ0) is 60.0. The first-order valence-corrected chi connectivity index (χ1v) is 33.0. The Labute approximate surface area is 508 Å². The Balaban J connectivity index is 1.06. The Morgan fingerprint density at radius 3 is 2.29 bits per heavy atom. The number of benzene rings is 3. The van der Waals surface area contributed by atoms with Crippen LogP contribution in [0.1, 0.15) is 212 Å². The lowest BCUT2D eigenvalue weighted by molar-refractivity contribution is -0.228. The summed E-state index contributed by atoms with van der Waals surface area (Å²) >= 11 is 0. The number of fused-ring (bicyclic) bond motifs is 18. The number of carbonyl (C=O) groups is 3. The second-order valence-corrected chi connectivity index (χ2v) is 28.3. The van der Waals surface area contributed by atoms with Crippen LogP contribution in [-0.2, 0) is 43.1 Å². The zero-order valence-corrected chi connectivity index (χ0v) is 50.7. The molecule has 10 aliphatic rings. The number of anilines is 1. The first-order valence-electron chi connectivity index (χ1n) is 33.0. The van der Waals surface area contributed by atoms with Crippen molar-refractivity contribution in [1.82, 2.24) is 0 Å². The van der Waals surface area contributed by atoms with Crippen molar-refractivity contribution >= 4 is 23.4 Å². The number of carbonyl (C=O) groups excluding carboxylic acids is 3. The monoisotopic (exact) mass is 1170 g/mol. The predicted molar refractivity (Wildman–Crippen MR) is 327 cm³/mol. The van der Waals surface area contributed by atoms with Gasteiger partial charge in [0.25, 0.3) is 0 Å². The number of ether oxygens (including phenoxy) is 3. The van der Waals surface area contributed by atoms with Crippen molar-refractivity contribution in [3.8, 4) is 35.2 Å². The van der Waals surface area contributed by atoms with E-state index in [0.717, 1.165) is 101 Å². The largest absolute Gasteiger partial charge is 0.507 e. The molecule has 14 bridgehead atoms. The summed E-state index contributed by atoms with van der Waals surface area (Å²) < 4.78 is 19.6. The van der Waals surface area contributed by atoms with E-state index < -0.39 is 71.2 Å². The van der Waals surface area contributed by atoms with E-state index in [2.05, 4.69) is 48.9 Å². The molecular weight excluding hydrogens is 1080 g/mol. The van der Waals surface area contributed by atoms with Gasteiger partial charge in [-0.05, 0) is 178 Å². The number of aliphatic hydroxyl groups is 5. The van der Waals surface area contributed by atoms with Crippen LogP contribution in [0.2, 0.25) is 0 Å². The normalized spacial score (nSPS) is 36.0. The minimum atomic E-state index is -1.65. The molecule has 3 aromatic carbocycles. The highest BCUT2D eigenvalue weighted by molar-refractivity contribution is 5.89. The van der Waals surface area contributed by atoms with E-state index in [4.69, 9.17) is 14.2 Å². The van der Waals surface area contributed by atoms with Gasteiger partial charge in [0.2, 0.25) is 0 Å². The molecule has 5 fully saturated rings. The lowest BCUT2D eigenvalue weighted by atomic mass is 9.48. The van der Waals surface area contributed by atoms with Gasteiger partial charge in [-0.15, -0.1) is 0 Å². The maximum Gasteiger partial charge on any atom is 0.334 e. The number of ketones is 1. The van der Waals surface area contributed by atoms with Gasteiger partial charge >= 0.3 is 11.9 Å². The smallest absolute Gasteiger partial charge is 0.334 e. The van der Waals surface area contributed by atoms with Crippen LogP contribution in [0.3, 0.4) is 0 Å². The molecule has 13 heteroatoms. The molecule has 5 saturated carbocycles. The summed E-state index contributed by atoms with van der Waals surface area (Å²) in [4.78, 5) is 44.6. The Morgan fingerprint density at radius 1 is 0.756 bits per heavy atom. The minimum Gasteiger partial charge on any atom is -0.507 e. The average molecular weight is 1170 g/mol. The van der Waals surface area contributed by atoms with Gasteiger partial charge in [0.05, 0.1) is 43.2 Å². The van der Waals surface area contributed by atoms with Gasteiger partial charge in [-0.1, -0.05) is 106 Å². The summed E-state index contributed by atoms with van der Waals surface area (Å²) in [6.45, 7) is 5.74. The molecule has 0 amide bonds. The molecule has 14 atom stereocenters. The lowest BCUT2D eigenvalue weighted by Gasteiger charge is -2.59. The van der Waals surface area contributed by atoms with E-state index in [9.17, 15) is 40.2 Å². The number of phenols is 1. The fourth-order valence-corrected chi connectivity index (χ4v) is 17.1. The molecule has 460 valence electrons. The number of phenolic OH excluding ortho intramolecular Hbond substituents is 1. The predicted octanol–water partition coefficient (Wildman–Crippen LogP) is 10.9. The van der Waals surface area contributed by atoms with Crippen LogP contribution in [0, 0.1) is 71.0 Å². The third kappa shape index (κ3) is 12.7. The molecule has 0 radical (unpaired) electrons. The number of esters is 2. The second-order valence-electron chi connectivity index (χ2n) is 28.3. The number of hydrogen-bond acceptors (Lipinski definition) is 13. The molecule has 13 rings (SSSR count). The van der Waals surface area contributed by atoms with Crippen molar-refractivity contribution in [1.29, 1.82) is 0 Å². The van der Waals surface area contributed by atoms with Gasteiger partial charge in [-0.25, -0.2) is 4.79 Å². The third-order valence-electron chi connectivity index (χ3n) is 21.9. The number of hydrogen-bond donors (Lipinski definition) is 7. The van der Waals surface area contributed by atoms with Gasteiger partial charge in [0.15, 0.2) is 0 Å². The van der Waals surface area contributed by atoms with Gasteiger partial charge in [-0.2, -0.15) is 0 Å². The highest BCUT2D eigenvalue weighted by Gasteiger charge is 2.62. The van der Waals surface area contributed by atoms with Crippen molar-refractivity contribution < 1.29 is 59.2 Å². The van der Waals surface area contributed by atoms with Crippen molar-refractivity contribution in [2.45, 2.75) is 228 Å². The standard InChI is InChI=1S/C73H91NO12/c1-42(2)16-20-47-21-17-43-18-24-57(25-19-43)84-40-64(77)72(3,82)41-74-55-33-51(32-52(34-55)68(47)79)48-22-23-49-39-66(78)86-70-58(49)37-53(69(80)67(70)46-12-5-4-6-13-46)38-65-73(83)61-15-8-7-14-50(61)36-59-60(63(76)27-26-62(59)73)30-45-11-9-10-44(28-45)29-56(75)35-54(31-48)71(81)85-65/h9-11,28,32-35,37,42-43,46-50,56-57,59-62,64-65,68,74-75,77,79-80,82-83H,4-8,12-16,18-20,24-27,29-31,36,38-41H2,1-3H3. The summed E-state index contributed by atoms with van der Waals surface area (Å²) in [5.74, 6) is 10.6. The van der Waals surface area contributed by atoms with E-state index in [1.54, 1.807) is 13.0 Å². The molecule has 86 heavy (non-hydrogen) atoms. The van der Waals surface area contributed by atoms with Crippen molar-refractivity contribution in [3.05, 3.63) is 99.1 Å². The van der Waals surface area contributed by atoms with Gasteiger partial charge in [0, 0.05) is 65.9 Å². The second kappa shape index (κ2) is 25.5. The van der Waals surface area contributed by atoms with Crippen LogP contribution in [0.15, 0.2) is 60.2 Å². The Morgan fingerprint density at radius 2 is 1.50 bits per heavy atom. The Hall–Kier alpha value is -5.51. The number of aliphatic hydroxyl groups excluding tert-OH is 3. The topological polar surface area (TPSA) is 212 Å². The van der Waals surface area contributed by atoms with Crippen LogP contribution < -0.4 is 10.1 Å². The molecule has 0 aromatic heterocycles. The van der Waals surface area contributed by atoms with Crippen molar-refractivity contribution in [3.63, 3.8) is 0 Å². The molecule has 0 saturated heterocycles. The van der Waals surface area contributed by atoms with Gasteiger partial charge < -0.3 is 50.2 Å². The fraction of sp³-hybridized carbons (Fsp3) is 0.630. The van der Waals surface area contributed by atoms with Gasteiger partial charge in [-0.3, -0.25) is 9.59 Å². The number of nitrogens with one attached hydrogen (secondary N) is 1. The Bertz CT molecular complexity index is 3180. The molecular formula is C73H91NO12. The molecule has 3 aromatic rings. The first-order chi connectivity index (χ1) is 41.4. The van der Waals surface area contributed by atoms with Crippen molar-refractivity contribution in [2.75, 3.05) is 18.5 Å². The van der Waals surface area contributed by atoms with Crippen LogP contribution in [0.25, 0.3) is 0 Å². The molecule has 7 N–H and O–H groups in total. The van der Waals surface area contributed by atoms with Crippen LogP contribution in [0.5, 0.6) is 11.5 Å². The molecule has 14 unspecified atom stereocenters. The minimum absolute atomic E-state index is 0.0268. The lowest BCUT2D eigenvalue weighted by Crippen LogP contribution is -2.65. The highest BCUT2D eigenvalue weighted by atomic mass is 16.6. The van der Waals surface area contributed by atoms with Crippen LogP contribution in [-0.4, -0.2) is 97.1 Å². The maximum absolute atomic E-state index is 16.1. The number of aromatic hydroxyl groups is 1. The van der Waals surface area contributed by atoms with E-state index in [1.807, 2.05) is 42.5 Å². The SMILES string of the molecule is CC(C)CCC1C#CC2CCC(CC2)OCC(O)C(C)(O)CNc2cc(C3C#CC4CC(=O)Oc5c4cc(c(O)c5C4CCCCC4)CC4OC(=O)C(=CC(O)Cc5cccc(c5)CC5C(=O)CCC6C5CC5CCCCC5C46O)C3)cc(c2)C1O. The maximum atomic E-state index is 16.1. The summed E-state index contributed by atoms with van der Waals surface area (Å²) in [5.41, 5.74) is 1.96. The Kier molecular flexibility index (Phi) is 18.0. The van der Waals surface area contributed by atoms with Crippen LogP contribution >= 0.6 is 0 Å². The molecule has 5 aliphatic heterocycles. The summed E-state index contributed by atoms with van der Waals surface area (Å²) in [7, 11) is 0. The highest BCUT2D eigenvalue weighted by Crippen LogP contribution is 2.59. The van der Waals surface area contributed by atoms with E-state index in [-0.39, 0.29) is 104 Å². The average Bonchev–Trinajstić information content (AvgIpc) is 0.915. The fourth-order valence-electron chi connectivity index (χ4n) is 17.1. The summed E-state index contributed by atoms with van der Waals surface area (Å²) in [6, 6.07) is 15.5. The molecule has 0 spiro atoms. The van der Waals surface area contributed by atoms with Crippen LogP contribution in [0.4, 0.5) is 5.69 Å². The molecule has 13 nitrogen and oxygen atoms in total. The van der Waals surface area contributed by atoms with E-state index >= 15 is 4.79 Å².